The van der Waals surface area contributed by atoms with Gasteiger partial charge in [-0.15, -0.1) is 11.3 Å². The summed E-state index contributed by atoms with van der Waals surface area (Å²) >= 11 is 4.86. The van der Waals surface area contributed by atoms with Crippen LogP contribution in [0.5, 0.6) is 0 Å². The van der Waals surface area contributed by atoms with Crippen molar-refractivity contribution in [3.05, 3.63) is 20.8 Å². The summed E-state index contributed by atoms with van der Waals surface area (Å²) in [6.07, 6.45) is 1.10. The molecule has 0 aliphatic rings. The van der Waals surface area contributed by atoms with Crippen LogP contribution in [0.1, 0.15) is 29.9 Å². The lowest BCUT2D eigenvalue weighted by atomic mass is 10.1. The lowest BCUT2D eigenvalue weighted by molar-refractivity contribution is 0.0779. The lowest BCUT2D eigenvalue weighted by Crippen LogP contribution is -2.30. The van der Waals surface area contributed by atoms with Gasteiger partial charge in [0.25, 0.3) is 5.91 Å². The smallest absolute Gasteiger partial charge is 0.264 e. The first kappa shape index (κ1) is 12.7. The number of hydrogen-bond acceptors (Lipinski definition) is 2. The topological polar surface area (TPSA) is 20.3 Å². The van der Waals surface area contributed by atoms with Crippen molar-refractivity contribution < 1.29 is 4.79 Å². The Hall–Kier alpha value is -0.350. The first-order valence-electron chi connectivity index (χ1n) is 5.04. The quantitative estimate of drug-likeness (QED) is 0.829. The summed E-state index contributed by atoms with van der Waals surface area (Å²) in [4.78, 5) is 14.6. The van der Waals surface area contributed by atoms with Crippen LogP contribution in [0, 0.1) is 5.92 Å². The molecule has 0 N–H and O–H groups in total. The zero-order valence-corrected chi connectivity index (χ0v) is 11.7. The van der Waals surface area contributed by atoms with E-state index >= 15 is 0 Å². The number of nitrogens with zero attached hydrogens (tertiary/aromatic N) is 1. The van der Waals surface area contributed by atoms with Gasteiger partial charge in [0.1, 0.15) is 4.88 Å². The second-order valence-corrected chi connectivity index (χ2v) is 5.57. The molecule has 1 amide bonds. The Morgan fingerprint density at radius 3 is 2.80 bits per heavy atom. The van der Waals surface area contributed by atoms with E-state index in [1.54, 1.807) is 4.90 Å². The molecule has 1 rings (SSSR count). The maximum atomic E-state index is 12.0. The van der Waals surface area contributed by atoms with Crippen molar-refractivity contribution in [2.45, 2.75) is 20.3 Å². The van der Waals surface area contributed by atoms with E-state index in [0.29, 0.717) is 5.92 Å². The second-order valence-electron chi connectivity index (χ2n) is 3.80. The van der Waals surface area contributed by atoms with Crippen LogP contribution in [0.2, 0.25) is 0 Å². The molecule has 4 heteroatoms. The van der Waals surface area contributed by atoms with E-state index < -0.39 is 0 Å². The second kappa shape index (κ2) is 5.66. The molecule has 0 aliphatic heterocycles. The van der Waals surface area contributed by atoms with Gasteiger partial charge in [-0.3, -0.25) is 4.79 Å². The third kappa shape index (κ3) is 3.31. The molecule has 0 fully saturated rings. The van der Waals surface area contributed by atoms with Crippen molar-refractivity contribution in [2.75, 3.05) is 13.6 Å². The minimum Gasteiger partial charge on any atom is -0.341 e. The van der Waals surface area contributed by atoms with Crippen molar-refractivity contribution in [3.8, 4) is 0 Å². The van der Waals surface area contributed by atoms with Gasteiger partial charge in [-0.05, 0) is 33.3 Å². The van der Waals surface area contributed by atoms with Gasteiger partial charge in [0.05, 0.1) is 0 Å². The predicted molar refractivity (Wildman–Crippen MR) is 68.4 cm³/mol. The lowest BCUT2D eigenvalue weighted by Gasteiger charge is -2.20. The van der Waals surface area contributed by atoms with Crippen molar-refractivity contribution in [2.24, 2.45) is 5.92 Å². The van der Waals surface area contributed by atoms with Crippen LogP contribution >= 0.6 is 27.3 Å². The summed E-state index contributed by atoms with van der Waals surface area (Å²) in [6, 6.07) is 1.91. The molecule has 2 nitrogen and oxygen atoms in total. The Morgan fingerprint density at radius 2 is 2.33 bits per heavy atom. The minimum absolute atomic E-state index is 0.108. The third-order valence-electron chi connectivity index (χ3n) is 2.44. The number of carbonyl (C=O) groups excluding carboxylic acids is 1. The highest BCUT2D eigenvalue weighted by Crippen LogP contribution is 2.24. The molecule has 1 aromatic rings. The number of amides is 1. The molecule has 1 atom stereocenters. The van der Waals surface area contributed by atoms with Crippen LogP contribution < -0.4 is 0 Å². The van der Waals surface area contributed by atoms with Crippen molar-refractivity contribution in [3.63, 3.8) is 0 Å². The SMILES string of the molecule is CCC(C)CN(C)C(=O)c1sccc1Br. The van der Waals surface area contributed by atoms with E-state index in [1.165, 1.54) is 11.3 Å². The summed E-state index contributed by atoms with van der Waals surface area (Å²) in [5.41, 5.74) is 0. The maximum Gasteiger partial charge on any atom is 0.264 e. The van der Waals surface area contributed by atoms with Crippen LogP contribution in [0.4, 0.5) is 0 Å². The average Bonchev–Trinajstić information content (AvgIpc) is 2.63. The Kier molecular flexibility index (Phi) is 4.80. The zero-order chi connectivity index (χ0) is 11.4. The summed E-state index contributed by atoms with van der Waals surface area (Å²) in [5.74, 6) is 0.662. The Morgan fingerprint density at radius 1 is 1.67 bits per heavy atom. The minimum atomic E-state index is 0.108. The van der Waals surface area contributed by atoms with Crippen LogP contribution in [0.3, 0.4) is 0 Å². The average molecular weight is 290 g/mol. The van der Waals surface area contributed by atoms with Crippen molar-refractivity contribution >= 4 is 33.2 Å². The number of rotatable bonds is 4. The molecule has 0 saturated heterocycles. The molecule has 84 valence electrons. The fourth-order valence-electron chi connectivity index (χ4n) is 1.30. The van der Waals surface area contributed by atoms with Crippen molar-refractivity contribution in [1.82, 2.24) is 4.90 Å². The number of halogens is 1. The molecule has 0 bridgehead atoms. The molecule has 0 saturated carbocycles. The van der Waals surface area contributed by atoms with Crippen LogP contribution in [-0.4, -0.2) is 24.4 Å². The van der Waals surface area contributed by atoms with E-state index in [4.69, 9.17) is 0 Å². The van der Waals surface area contributed by atoms with Gasteiger partial charge in [0.15, 0.2) is 0 Å². The highest BCUT2D eigenvalue weighted by atomic mass is 79.9. The van der Waals surface area contributed by atoms with Gasteiger partial charge >= 0.3 is 0 Å². The summed E-state index contributed by atoms with van der Waals surface area (Å²) in [5, 5.41) is 1.93. The monoisotopic (exact) mass is 289 g/mol. The summed E-state index contributed by atoms with van der Waals surface area (Å²) < 4.78 is 0.897. The van der Waals surface area contributed by atoms with Crippen LogP contribution in [0.25, 0.3) is 0 Å². The molecule has 1 unspecified atom stereocenters. The highest BCUT2D eigenvalue weighted by Gasteiger charge is 2.17. The van der Waals surface area contributed by atoms with Crippen molar-refractivity contribution in [1.29, 1.82) is 0 Å². The van der Waals surface area contributed by atoms with E-state index in [1.807, 2.05) is 18.5 Å². The first-order chi connectivity index (χ1) is 7.06. The van der Waals surface area contributed by atoms with E-state index in [-0.39, 0.29) is 5.91 Å². The van der Waals surface area contributed by atoms with E-state index in [0.717, 1.165) is 22.3 Å². The van der Waals surface area contributed by atoms with E-state index in [2.05, 4.69) is 29.8 Å². The maximum absolute atomic E-state index is 12.0. The molecule has 0 aliphatic carbocycles. The number of hydrogen-bond donors (Lipinski definition) is 0. The van der Waals surface area contributed by atoms with Gasteiger partial charge in [-0.25, -0.2) is 0 Å². The van der Waals surface area contributed by atoms with Crippen LogP contribution in [-0.2, 0) is 0 Å². The molecule has 0 spiro atoms. The van der Waals surface area contributed by atoms with Crippen LogP contribution in [0.15, 0.2) is 15.9 Å². The van der Waals surface area contributed by atoms with Gasteiger partial charge in [0.2, 0.25) is 0 Å². The van der Waals surface area contributed by atoms with Gasteiger partial charge in [-0.2, -0.15) is 0 Å². The largest absolute Gasteiger partial charge is 0.341 e. The summed E-state index contributed by atoms with van der Waals surface area (Å²) in [7, 11) is 1.86. The Labute approximate surface area is 103 Å². The third-order valence-corrected chi connectivity index (χ3v) is 4.27. The normalized spacial score (nSPS) is 12.5. The molecule has 1 heterocycles. The Bertz CT molecular complexity index is 337. The predicted octanol–water partition coefficient (Wildman–Crippen LogP) is 3.63. The molecule has 15 heavy (non-hydrogen) atoms. The molecular weight excluding hydrogens is 274 g/mol. The molecule has 1 aromatic heterocycles. The zero-order valence-electron chi connectivity index (χ0n) is 9.29. The Balaban J connectivity index is 2.65. The van der Waals surface area contributed by atoms with Gasteiger partial charge in [0, 0.05) is 18.1 Å². The number of thiophene rings is 1. The molecular formula is C11H16BrNOS. The fraction of sp³-hybridized carbons (Fsp3) is 0.545. The highest BCUT2D eigenvalue weighted by molar-refractivity contribution is 9.10. The fourth-order valence-corrected chi connectivity index (χ4v) is 2.83. The van der Waals surface area contributed by atoms with E-state index in [9.17, 15) is 4.79 Å². The number of carbonyl (C=O) groups is 1. The molecule has 0 radical (unpaired) electrons. The van der Waals surface area contributed by atoms with Gasteiger partial charge in [-0.1, -0.05) is 20.3 Å². The van der Waals surface area contributed by atoms with Gasteiger partial charge < -0.3 is 4.90 Å². The first-order valence-corrected chi connectivity index (χ1v) is 6.72. The summed E-state index contributed by atoms with van der Waals surface area (Å²) in [6.45, 7) is 5.12. The standard InChI is InChI=1S/C11H16BrNOS/c1-4-8(2)7-13(3)11(14)10-9(12)5-6-15-10/h5-6,8H,4,7H2,1-3H3. The molecule has 0 aromatic carbocycles.